The molecule has 0 amide bonds. The lowest BCUT2D eigenvalue weighted by Gasteiger charge is -2.36. The summed E-state index contributed by atoms with van der Waals surface area (Å²) in [5.74, 6) is 0.825. The molecule has 1 heterocycles. The Balaban J connectivity index is 1.84. The summed E-state index contributed by atoms with van der Waals surface area (Å²) in [7, 11) is 0. The van der Waals surface area contributed by atoms with Crippen molar-refractivity contribution in [3.8, 4) is 0 Å². The van der Waals surface area contributed by atoms with Crippen molar-refractivity contribution in [2.45, 2.75) is 38.8 Å². The second-order valence-corrected chi connectivity index (χ2v) is 4.66. The third kappa shape index (κ3) is 2.34. The van der Waals surface area contributed by atoms with E-state index in [1.165, 1.54) is 0 Å². The van der Waals surface area contributed by atoms with Crippen molar-refractivity contribution in [3.05, 3.63) is 0 Å². The fourth-order valence-corrected chi connectivity index (χ4v) is 1.93. The number of Topliss-reactive ketones (excluding diaryl/α,β-unsaturated/α-hetero) is 1. The number of rotatable bonds is 3. The van der Waals surface area contributed by atoms with Crippen LogP contribution in [0.25, 0.3) is 0 Å². The Morgan fingerprint density at radius 2 is 2.14 bits per heavy atom. The van der Waals surface area contributed by atoms with E-state index in [0.717, 1.165) is 26.0 Å². The van der Waals surface area contributed by atoms with E-state index in [2.05, 4.69) is 18.7 Å². The van der Waals surface area contributed by atoms with Gasteiger partial charge in [0.15, 0.2) is 0 Å². The van der Waals surface area contributed by atoms with Crippen LogP contribution >= 0.6 is 0 Å². The molecule has 3 nitrogen and oxygen atoms in total. The van der Waals surface area contributed by atoms with Gasteiger partial charge < -0.3 is 4.74 Å². The molecule has 0 bridgehead atoms. The Hall–Kier alpha value is -0.410. The predicted octanol–water partition coefficient (Wildman–Crippen LogP) is 1.07. The maximum absolute atomic E-state index is 11.6. The van der Waals surface area contributed by atoms with Crippen LogP contribution in [0.1, 0.15) is 26.7 Å². The predicted molar refractivity (Wildman–Crippen MR) is 54.2 cm³/mol. The lowest BCUT2D eigenvalue weighted by molar-refractivity contribution is -0.125. The topological polar surface area (TPSA) is 29.5 Å². The second kappa shape index (κ2) is 3.99. The van der Waals surface area contributed by atoms with Gasteiger partial charge in [-0.25, -0.2) is 0 Å². The number of ketones is 1. The van der Waals surface area contributed by atoms with Gasteiger partial charge in [0.1, 0.15) is 5.78 Å². The third-order valence-corrected chi connectivity index (χ3v) is 3.13. The van der Waals surface area contributed by atoms with Crippen LogP contribution in [0.5, 0.6) is 0 Å². The minimum Gasteiger partial charge on any atom is -0.376 e. The van der Waals surface area contributed by atoms with Gasteiger partial charge in [0.05, 0.1) is 19.3 Å². The van der Waals surface area contributed by atoms with E-state index in [0.29, 0.717) is 24.3 Å². The van der Waals surface area contributed by atoms with Crippen LogP contribution in [-0.4, -0.2) is 42.5 Å². The Bertz CT molecular complexity index is 225. The van der Waals surface area contributed by atoms with Gasteiger partial charge in [0.2, 0.25) is 0 Å². The normalized spacial score (nSPS) is 34.4. The Kier molecular flexibility index (Phi) is 2.88. The monoisotopic (exact) mass is 197 g/mol. The Morgan fingerprint density at radius 3 is 2.79 bits per heavy atom. The van der Waals surface area contributed by atoms with Gasteiger partial charge in [-0.15, -0.1) is 0 Å². The van der Waals surface area contributed by atoms with Crippen molar-refractivity contribution in [1.29, 1.82) is 0 Å². The summed E-state index contributed by atoms with van der Waals surface area (Å²) in [5, 5.41) is 0. The van der Waals surface area contributed by atoms with Crippen LogP contribution in [0.4, 0.5) is 0 Å². The molecule has 0 aromatic carbocycles. The second-order valence-electron chi connectivity index (χ2n) is 4.66. The molecule has 14 heavy (non-hydrogen) atoms. The van der Waals surface area contributed by atoms with Gasteiger partial charge in [-0.3, -0.25) is 9.69 Å². The molecule has 0 spiro atoms. The molecular weight excluding hydrogens is 178 g/mol. The molecule has 1 aliphatic heterocycles. The molecule has 1 aliphatic carbocycles. The van der Waals surface area contributed by atoms with Crippen molar-refractivity contribution in [1.82, 2.24) is 4.90 Å². The zero-order valence-corrected chi connectivity index (χ0v) is 9.03. The third-order valence-electron chi connectivity index (χ3n) is 3.13. The number of ether oxygens (including phenoxy) is 1. The molecular formula is C11H19NO2. The van der Waals surface area contributed by atoms with Crippen LogP contribution in [0.2, 0.25) is 0 Å². The molecule has 0 N–H and O–H groups in total. The van der Waals surface area contributed by atoms with Crippen LogP contribution in [0.3, 0.4) is 0 Å². The van der Waals surface area contributed by atoms with Crippen molar-refractivity contribution in [3.63, 3.8) is 0 Å². The minimum absolute atomic E-state index is 0.276. The van der Waals surface area contributed by atoms with Gasteiger partial charge in [-0.05, 0) is 26.7 Å². The van der Waals surface area contributed by atoms with Gasteiger partial charge in [-0.1, -0.05) is 0 Å². The first kappa shape index (κ1) is 10.1. The summed E-state index contributed by atoms with van der Waals surface area (Å²) in [6, 6.07) is 0.397. The number of nitrogens with zero attached hydrogens (tertiary/aromatic N) is 1. The highest BCUT2D eigenvalue weighted by molar-refractivity contribution is 5.85. The zero-order valence-electron chi connectivity index (χ0n) is 9.03. The molecule has 2 atom stereocenters. The van der Waals surface area contributed by atoms with Gasteiger partial charge in [0.25, 0.3) is 0 Å². The number of carbonyl (C=O) groups excluding carboxylic acids is 1. The fraction of sp³-hybridized carbons (Fsp3) is 0.909. The van der Waals surface area contributed by atoms with Gasteiger partial charge >= 0.3 is 0 Å². The van der Waals surface area contributed by atoms with Crippen molar-refractivity contribution < 1.29 is 9.53 Å². The Morgan fingerprint density at radius 1 is 1.43 bits per heavy atom. The van der Waals surface area contributed by atoms with Crippen LogP contribution < -0.4 is 0 Å². The summed E-state index contributed by atoms with van der Waals surface area (Å²) < 4.78 is 5.53. The van der Waals surface area contributed by atoms with Crippen LogP contribution in [0.15, 0.2) is 0 Å². The van der Waals surface area contributed by atoms with Crippen molar-refractivity contribution in [2.24, 2.45) is 5.92 Å². The highest BCUT2D eigenvalue weighted by atomic mass is 16.5. The van der Waals surface area contributed by atoms with E-state index >= 15 is 0 Å². The summed E-state index contributed by atoms with van der Waals surface area (Å²) in [6.07, 6.45) is 2.51. The van der Waals surface area contributed by atoms with Crippen LogP contribution in [-0.2, 0) is 9.53 Å². The average molecular weight is 197 g/mol. The molecule has 2 unspecified atom stereocenters. The first-order valence-electron chi connectivity index (χ1n) is 5.55. The molecule has 3 heteroatoms. The molecule has 0 aromatic heterocycles. The van der Waals surface area contributed by atoms with Crippen molar-refractivity contribution >= 4 is 5.78 Å². The maximum Gasteiger partial charge on any atom is 0.149 e. The molecule has 2 aliphatic rings. The zero-order chi connectivity index (χ0) is 10.1. The van der Waals surface area contributed by atoms with Gasteiger partial charge in [0, 0.05) is 18.5 Å². The van der Waals surface area contributed by atoms with E-state index < -0.39 is 0 Å². The number of carbonyl (C=O) groups is 1. The fourth-order valence-electron chi connectivity index (χ4n) is 1.93. The molecule has 0 radical (unpaired) electrons. The first-order valence-corrected chi connectivity index (χ1v) is 5.55. The quantitative estimate of drug-likeness (QED) is 0.678. The highest BCUT2D eigenvalue weighted by Gasteiger charge is 2.33. The maximum atomic E-state index is 11.6. The van der Waals surface area contributed by atoms with E-state index in [1.54, 1.807) is 0 Å². The summed E-state index contributed by atoms with van der Waals surface area (Å²) in [5.41, 5.74) is 0. The van der Waals surface area contributed by atoms with Gasteiger partial charge in [-0.2, -0.15) is 0 Å². The van der Waals surface area contributed by atoms with Crippen molar-refractivity contribution in [2.75, 3.05) is 19.7 Å². The largest absolute Gasteiger partial charge is 0.376 e. The lowest BCUT2D eigenvalue weighted by atomic mass is 10.1. The van der Waals surface area contributed by atoms with E-state index in [9.17, 15) is 4.79 Å². The molecule has 1 saturated carbocycles. The van der Waals surface area contributed by atoms with E-state index in [4.69, 9.17) is 4.74 Å². The highest BCUT2D eigenvalue weighted by Crippen LogP contribution is 2.30. The molecule has 80 valence electrons. The standard InChI is InChI=1S/C11H19NO2/c1-8-7-14-9(2)5-12(8)6-11(13)10-3-4-10/h8-10H,3-7H2,1-2H3. The van der Waals surface area contributed by atoms with Crippen LogP contribution in [0, 0.1) is 5.92 Å². The van der Waals surface area contributed by atoms with E-state index in [1.807, 2.05) is 0 Å². The average Bonchev–Trinajstić information content (AvgIpc) is 2.94. The smallest absolute Gasteiger partial charge is 0.149 e. The SMILES string of the molecule is CC1CN(CC(=O)C2CC2)C(C)CO1. The Labute approximate surface area is 85.4 Å². The molecule has 2 fully saturated rings. The number of hydrogen-bond acceptors (Lipinski definition) is 3. The molecule has 1 saturated heterocycles. The minimum atomic E-state index is 0.276. The lowest BCUT2D eigenvalue weighted by Crippen LogP contribution is -2.49. The summed E-state index contributed by atoms with van der Waals surface area (Å²) in [4.78, 5) is 13.9. The summed E-state index contributed by atoms with van der Waals surface area (Å²) in [6.45, 7) is 6.50. The summed E-state index contributed by atoms with van der Waals surface area (Å²) >= 11 is 0. The first-order chi connectivity index (χ1) is 6.66. The van der Waals surface area contributed by atoms with E-state index in [-0.39, 0.29) is 6.10 Å². The molecule has 2 rings (SSSR count). The number of hydrogen-bond donors (Lipinski definition) is 0. The molecule has 0 aromatic rings. The number of morpholine rings is 1.